The molecule has 62 heavy (non-hydrogen) atoms. The van der Waals surface area contributed by atoms with E-state index in [0.29, 0.717) is 5.92 Å². The zero-order valence-electron chi connectivity index (χ0n) is 34.6. The summed E-state index contributed by atoms with van der Waals surface area (Å²) in [6, 6.07) is 75.8. The number of hydrogen-bond acceptors (Lipinski definition) is 2. The Kier molecular flexibility index (Phi) is 8.96. The predicted molar refractivity (Wildman–Crippen MR) is 263 cm³/mol. The van der Waals surface area contributed by atoms with E-state index < -0.39 is 0 Å². The summed E-state index contributed by atoms with van der Waals surface area (Å²) in [5, 5.41) is 10.1. The zero-order chi connectivity index (χ0) is 41.0. The number of nitrogens with zero attached hydrogens (tertiary/aromatic N) is 1. The maximum Gasteiger partial charge on any atom is 0.143 e. The van der Waals surface area contributed by atoms with Gasteiger partial charge in [-0.3, -0.25) is 0 Å². The fourth-order valence-corrected chi connectivity index (χ4v) is 10.5. The number of fused-ring (bicyclic) bond motifs is 7. The standard InChI is InChI=1S/C60H45NO/c1-2-14-40(15-3-1)49-23-10-17-44-18-11-26-55(59(44)49)53-20-6-8-28-57(53)61(46-37-32-43(33-38-46)50-24-13-27-56-54-21-7-9-29-58(54)62-60(50)56)45-35-30-42(31-36-45)48-22-12-25-51-47-19-5-4-16-41(47)34-39-52(48)51/h4-13,16-40H,1-3,14-15H2. The molecule has 0 aliphatic heterocycles. The second kappa shape index (κ2) is 15.2. The summed E-state index contributed by atoms with van der Waals surface area (Å²) in [5.74, 6) is 0.584. The first-order valence-corrected chi connectivity index (χ1v) is 22.2. The second-order valence-corrected chi connectivity index (χ2v) is 17.0. The predicted octanol–water partition coefficient (Wildman–Crippen LogP) is 17.6. The third-order valence-corrected chi connectivity index (χ3v) is 13.5. The van der Waals surface area contributed by atoms with E-state index >= 15 is 0 Å². The molecule has 1 fully saturated rings. The molecule has 0 atom stereocenters. The van der Waals surface area contributed by atoms with E-state index in [1.165, 1.54) is 92.2 Å². The quantitative estimate of drug-likeness (QED) is 0.149. The van der Waals surface area contributed by atoms with E-state index in [1.807, 2.05) is 6.07 Å². The second-order valence-electron chi connectivity index (χ2n) is 17.0. The van der Waals surface area contributed by atoms with Gasteiger partial charge in [-0.2, -0.15) is 0 Å². The van der Waals surface area contributed by atoms with E-state index in [9.17, 15) is 0 Å². The van der Waals surface area contributed by atoms with Gasteiger partial charge >= 0.3 is 0 Å². The van der Waals surface area contributed by atoms with Crippen LogP contribution in [0.15, 0.2) is 211 Å². The molecule has 0 amide bonds. The molecule has 0 saturated heterocycles. The highest BCUT2D eigenvalue weighted by molar-refractivity contribution is 6.12. The van der Waals surface area contributed by atoms with Crippen molar-refractivity contribution in [3.05, 3.63) is 212 Å². The highest BCUT2D eigenvalue weighted by Gasteiger charge is 2.23. The van der Waals surface area contributed by atoms with Crippen LogP contribution in [0.4, 0.5) is 17.1 Å². The van der Waals surface area contributed by atoms with Gasteiger partial charge in [0, 0.05) is 33.3 Å². The molecule has 0 unspecified atom stereocenters. The minimum absolute atomic E-state index is 0.584. The Bertz CT molecular complexity index is 3440. The molecule has 0 bridgehead atoms. The van der Waals surface area contributed by atoms with Crippen molar-refractivity contribution in [2.75, 3.05) is 4.90 Å². The first kappa shape index (κ1) is 36.4. The molecule has 0 radical (unpaired) electrons. The van der Waals surface area contributed by atoms with Crippen molar-refractivity contribution in [1.82, 2.24) is 0 Å². The van der Waals surface area contributed by atoms with Gasteiger partial charge in [-0.1, -0.05) is 189 Å². The molecular weight excluding hydrogens is 751 g/mol. The van der Waals surface area contributed by atoms with Crippen LogP contribution in [0.5, 0.6) is 0 Å². The summed E-state index contributed by atoms with van der Waals surface area (Å²) in [5.41, 5.74) is 13.8. The van der Waals surface area contributed by atoms with Crippen molar-refractivity contribution in [2.45, 2.75) is 38.0 Å². The van der Waals surface area contributed by atoms with Crippen molar-refractivity contribution in [2.24, 2.45) is 0 Å². The van der Waals surface area contributed by atoms with Crippen LogP contribution < -0.4 is 4.90 Å². The summed E-state index contributed by atoms with van der Waals surface area (Å²) >= 11 is 0. The van der Waals surface area contributed by atoms with Crippen LogP contribution in [-0.2, 0) is 0 Å². The molecule has 1 aromatic heterocycles. The molecule has 1 heterocycles. The normalized spacial score (nSPS) is 13.4. The van der Waals surface area contributed by atoms with E-state index in [0.717, 1.165) is 50.1 Å². The number of furan rings is 1. The first-order valence-electron chi connectivity index (χ1n) is 22.2. The number of para-hydroxylation sites is 3. The SMILES string of the molecule is c1ccc(N(c2ccc(-c3cccc4c3ccc3ccccc34)cc2)c2ccc(-c3cccc4c3oc3ccccc34)cc2)c(-c2cccc3cccc(C4CCCCC4)c23)c1. The molecule has 1 aliphatic carbocycles. The van der Waals surface area contributed by atoms with Crippen LogP contribution in [-0.4, -0.2) is 0 Å². The Morgan fingerprint density at radius 2 is 0.952 bits per heavy atom. The van der Waals surface area contributed by atoms with Crippen molar-refractivity contribution in [1.29, 1.82) is 0 Å². The number of benzene rings is 10. The van der Waals surface area contributed by atoms with Crippen LogP contribution in [0.25, 0.3) is 87.6 Å². The summed E-state index contributed by atoms with van der Waals surface area (Å²) < 4.78 is 6.49. The maximum atomic E-state index is 6.49. The fraction of sp³-hybridized carbons (Fsp3) is 0.100. The summed E-state index contributed by atoms with van der Waals surface area (Å²) in [4.78, 5) is 2.45. The van der Waals surface area contributed by atoms with Gasteiger partial charge in [0.2, 0.25) is 0 Å². The molecule has 12 rings (SSSR count). The molecule has 0 N–H and O–H groups in total. The minimum Gasteiger partial charge on any atom is -0.455 e. The van der Waals surface area contributed by atoms with Gasteiger partial charge in [0.15, 0.2) is 0 Å². The lowest BCUT2D eigenvalue weighted by Gasteiger charge is -2.29. The van der Waals surface area contributed by atoms with Crippen molar-refractivity contribution in [3.63, 3.8) is 0 Å². The molecule has 0 spiro atoms. The molecule has 1 aliphatic rings. The lowest BCUT2D eigenvalue weighted by Crippen LogP contribution is -2.11. The molecule has 10 aromatic carbocycles. The summed E-state index contributed by atoms with van der Waals surface area (Å²) in [6.07, 6.45) is 6.47. The van der Waals surface area contributed by atoms with Crippen LogP contribution in [0, 0.1) is 0 Å². The van der Waals surface area contributed by atoms with Crippen LogP contribution >= 0.6 is 0 Å². The number of hydrogen-bond donors (Lipinski definition) is 0. The molecular formula is C60H45NO. The van der Waals surface area contributed by atoms with E-state index in [1.54, 1.807) is 0 Å². The monoisotopic (exact) mass is 795 g/mol. The summed E-state index contributed by atoms with van der Waals surface area (Å²) in [6.45, 7) is 0. The van der Waals surface area contributed by atoms with Gasteiger partial charge < -0.3 is 9.32 Å². The van der Waals surface area contributed by atoms with Crippen molar-refractivity contribution < 1.29 is 4.42 Å². The van der Waals surface area contributed by atoms with Crippen molar-refractivity contribution >= 4 is 71.3 Å². The van der Waals surface area contributed by atoms with Gasteiger partial charge in [-0.15, -0.1) is 0 Å². The molecule has 2 heteroatoms. The Morgan fingerprint density at radius 3 is 1.76 bits per heavy atom. The highest BCUT2D eigenvalue weighted by Crippen LogP contribution is 2.47. The highest BCUT2D eigenvalue weighted by atomic mass is 16.3. The first-order chi connectivity index (χ1) is 30.8. The molecule has 2 nitrogen and oxygen atoms in total. The minimum atomic E-state index is 0.584. The molecule has 1 saturated carbocycles. The lowest BCUT2D eigenvalue weighted by atomic mass is 9.80. The van der Waals surface area contributed by atoms with E-state index in [4.69, 9.17) is 4.42 Å². The third-order valence-electron chi connectivity index (χ3n) is 13.5. The van der Waals surface area contributed by atoms with E-state index in [2.05, 4.69) is 205 Å². The van der Waals surface area contributed by atoms with Crippen molar-refractivity contribution in [3.8, 4) is 33.4 Å². The maximum absolute atomic E-state index is 6.49. The lowest BCUT2D eigenvalue weighted by molar-refractivity contribution is 0.445. The topological polar surface area (TPSA) is 16.4 Å². The zero-order valence-corrected chi connectivity index (χ0v) is 34.6. The van der Waals surface area contributed by atoms with Gasteiger partial charge in [0.25, 0.3) is 0 Å². The Hall–Kier alpha value is -7.42. The number of rotatable bonds is 7. The van der Waals surface area contributed by atoms with Gasteiger partial charge in [-0.05, 0) is 115 Å². The van der Waals surface area contributed by atoms with Gasteiger partial charge in [-0.25, -0.2) is 0 Å². The van der Waals surface area contributed by atoms with Gasteiger partial charge in [0.1, 0.15) is 11.2 Å². The van der Waals surface area contributed by atoms with Gasteiger partial charge in [0.05, 0.1) is 5.69 Å². The van der Waals surface area contributed by atoms with E-state index in [-0.39, 0.29) is 0 Å². The van der Waals surface area contributed by atoms with Crippen LogP contribution in [0.2, 0.25) is 0 Å². The third kappa shape index (κ3) is 6.17. The molecule has 296 valence electrons. The smallest absolute Gasteiger partial charge is 0.143 e. The fourth-order valence-electron chi connectivity index (χ4n) is 10.5. The number of anilines is 3. The Balaban J connectivity index is 1.02. The Morgan fingerprint density at radius 1 is 0.371 bits per heavy atom. The summed E-state index contributed by atoms with van der Waals surface area (Å²) in [7, 11) is 0. The largest absolute Gasteiger partial charge is 0.455 e. The average Bonchev–Trinajstić information content (AvgIpc) is 3.74. The average molecular weight is 796 g/mol. The van der Waals surface area contributed by atoms with Crippen LogP contribution in [0.3, 0.4) is 0 Å². The van der Waals surface area contributed by atoms with Crippen LogP contribution in [0.1, 0.15) is 43.6 Å². The Labute approximate surface area is 362 Å². The molecule has 11 aromatic rings.